The molecule has 8 nitrogen and oxygen atoms in total. The summed E-state index contributed by atoms with van der Waals surface area (Å²) < 4.78 is 13.6. The van der Waals surface area contributed by atoms with Gasteiger partial charge in [-0.1, -0.05) is 84.0 Å². The van der Waals surface area contributed by atoms with Gasteiger partial charge in [0.1, 0.15) is 30.3 Å². The minimum Gasteiger partial charge on any atom is -0.488 e. The van der Waals surface area contributed by atoms with Crippen molar-refractivity contribution in [3.05, 3.63) is 119 Å². The van der Waals surface area contributed by atoms with Crippen molar-refractivity contribution in [1.82, 2.24) is 14.8 Å². The van der Waals surface area contributed by atoms with Crippen molar-refractivity contribution in [1.29, 1.82) is 0 Å². The first-order valence-corrected chi connectivity index (χ1v) is 12.0. The van der Waals surface area contributed by atoms with Gasteiger partial charge < -0.3 is 19.7 Å². The smallest absolute Gasteiger partial charge is 0.339 e. The molecule has 8 heteroatoms. The number of carbonyl (C=O) groups is 1. The van der Waals surface area contributed by atoms with E-state index in [0.717, 1.165) is 16.7 Å². The van der Waals surface area contributed by atoms with Crippen LogP contribution in [0, 0.1) is 6.92 Å². The Bertz CT molecular complexity index is 1570. The van der Waals surface area contributed by atoms with E-state index in [1.165, 1.54) is 10.6 Å². The second kappa shape index (κ2) is 10.9. The predicted octanol–water partition coefficient (Wildman–Crippen LogP) is 5.80. The first-order valence-electron chi connectivity index (χ1n) is 12.0. The van der Waals surface area contributed by atoms with Crippen molar-refractivity contribution < 1.29 is 24.5 Å². The SMILES string of the molecule is Cc1ccccc1-n1c(O)nnc1-c1cc(C(=O)O)c(OCc2ccccc2)cc1OCc1ccccc1. The monoisotopic (exact) mass is 507 g/mol. The van der Waals surface area contributed by atoms with Crippen molar-refractivity contribution in [2.45, 2.75) is 20.1 Å². The van der Waals surface area contributed by atoms with E-state index in [1.54, 1.807) is 6.07 Å². The van der Waals surface area contributed by atoms with Crippen LogP contribution in [0.4, 0.5) is 0 Å². The Hall–Kier alpha value is -5.11. The number of hydrogen-bond acceptors (Lipinski definition) is 6. The van der Waals surface area contributed by atoms with Gasteiger partial charge in [0.25, 0.3) is 0 Å². The lowest BCUT2D eigenvalue weighted by Gasteiger charge is -2.17. The molecule has 0 unspecified atom stereocenters. The van der Waals surface area contributed by atoms with Crippen LogP contribution in [-0.2, 0) is 13.2 Å². The lowest BCUT2D eigenvalue weighted by molar-refractivity contribution is 0.0691. The number of benzene rings is 4. The Labute approximate surface area is 219 Å². The molecule has 0 saturated carbocycles. The maximum atomic E-state index is 12.3. The molecule has 0 bridgehead atoms. The highest BCUT2D eigenvalue weighted by Crippen LogP contribution is 2.39. The van der Waals surface area contributed by atoms with Crippen LogP contribution < -0.4 is 9.47 Å². The van der Waals surface area contributed by atoms with E-state index in [4.69, 9.17) is 9.47 Å². The van der Waals surface area contributed by atoms with E-state index in [-0.39, 0.29) is 36.4 Å². The number of aryl methyl sites for hydroxylation is 1. The highest BCUT2D eigenvalue weighted by atomic mass is 16.5. The van der Waals surface area contributed by atoms with Gasteiger partial charge >= 0.3 is 12.0 Å². The van der Waals surface area contributed by atoms with Gasteiger partial charge in [0, 0.05) is 6.07 Å². The second-order valence-corrected chi connectivity index (χ2v) is 8.64. The van der Waals surface area contributed by atoms with Gasteiger partial charge in [0.2, 0.25) is 0 Å². The maximum Gasteiger partial charge on any atom is 0.339 e. The summed E-state index contributed by atoms with van der Waals surface area (Å²) in [6.07, 6.45) is 0. The lowest BCUT2D eigenvalue weighted by atomic mass is 10.1. The van der Waals surface area contributed by atoms with Crippen molar-refractivity contribution >= 4 is 5.97 Å². The molecule has 4 aromatic carbocycles. The average molecular weight is 508 g/mol. The normalized spacial score (nSPS) is 10.8. The minimum absolute atomic E-state index is 0.0678. The third-order valence-electron chi connectivity index (χ3n) is 6.03. The van der Waals surface area contributed by atoms with E-state index < -0.39 is 5.97 Å². The van der Waals surface area contributed by atoms with Crippen LogP contribution in [0.2, 0.25) is 0 Å². The number of nitrogens with zero attached hydrogens (tertiary/aromatic N) is 3. The number of rotatable bonds is 9. The minimum atomic E-state index is -1.17. The zero-order valence-corrected chi connectivity index (χ0v) is 20.6. The molecule has 0 atom stereocenters. The summed E-state index contributed by atoms with van der Waals surface area (Å²) in [5.74, 6) is -0.449. The summed E-state index contributed by atoms with van der Waals surface area (Å²) >= 11 is 0. The van der Waals surface area contributed by atoms with E-state index >= 15 is 0 Å². The average Bonchev–Trinajstić information content (AvgIpc) is 3.32. The number of carboxylic acids is 1. The molecule has 0 saturated heterocycles. The fourth-order valence-corrected chi connectivity index (χ4v) is 4.10. The van der Waals surface area contributed by atoms with Gasteiger partial charge in [0.15, 0.2) is 5.82 Å². The third-order valence-corrected chi connectivity index (χ3v) is 6.03. The van der Waals surface area contributed by atoms with E-state index in [2.05, 4.69) is 10.2 Å². The number of aromatic hydroxyl groups is 1. The standard InChI is InChI=1S/C30H25N3O5/c1-20-10-8-9-15-25(20)33-28(31-32-30(33)36)23-16-24(29(34)35)27(38-19-22-13-6-3-7-14-22)17-26(23)37-18-21-11-4-2-5-12-21/h2-17H,18-19H2,1H3,(H,32,36)(H,34,35). The molecule has 0 spiro atoms. The van der Waals surface area contributed by atoms with Crippen molar-refractivity contribution in [2.24, 2.45) is 0 Å². The van der Waals surface area contributed by atoms with Crippen LogP contribution in [0.1, 0.15) is 27.0 Å². The van der Waals surface area contributed by atoms with Crippen LogP contribution in [0.25, 0.3) is 17.1 Å². The second-order valence-electron chi connectivity index (χ2n) is 8.64. The number of hydrogen-bond donors (Lipinski definition) is 2. The van der Waals surface area contributed by atoms with Gasteiger partial charge in [-0.2, -0.15) is 0 Å². The number of ether oxygens (including phenoxy) is 2. The number of aromatic nitrogens is 3. The molecule has 0 amide bonds. The topological polar surface area (TPSA) is 107 Å². The van der Waals surface area contributed by atoms with Gasteiger partial charge in [-0.3, -0.25) is 0 Å². The van der Waals surface area contributed by atoms with Gasteiger partial charge in [0.05, 0.1) is 11.3 Å². The number of carboxylic acid groups (broad SMARTS) is 1. The molecule has 38 heavy (non-hydrogen) atoms. The van der Waals surface area contributed by atoms with Gasteiger partial charge in [-0.15, -0.1) is 5.10 Å². The third kappa shape index (κ3) is 5.19. The number of para-hydroxylation sites is 1. The molecule has 0 aliphatic carbocycles. The van der Waals surface area contributed by atoms with Crippen LogP contribution >= 0.6 is 0 Å². The van der Waals surface area contributed by atoms with Crippen molar-refractivity contribution in [3.63, 3.8) is 0 Å². The molecule has 1 heterocycles. The predicted molar refractivity (Wildman–Crippen MR) is 142 cm³/mol. The van der Waals surface area contributed by atoms with E-state index in [0.29, 0.717) is 17.0 Å². The zero-order chi connectivity index (χ0) is 26.5. The maximum absolute atomic E-state index is 12.3. The quantitative estimate of drug-likeness (QED) is 0.259. The molecule has 5 rings (SSSR count). The zero-order valence-electron chi connectivity index (χ0n) is 20.6. The molecular weight excluding hydrogens is 482 g/mol. The highest BCUT2D eigenvalue weighted by Gasteiger charge is 2.24. The summed E-state index contributed by atoms with van der Waals surface area (Å²) in [7, 11) is 0. The Morgan fingerprint density at radius 2 is 1.37 bits per heavy atom. The van der Waals surface area contributed by atoms with E-state index in [1.807, 2.05) is 91.9 Å². The fraction of sp³-hybridized carbons (Fsp3) is 0.100. The van der Waals surface area contributed by atoms with Crippen molar-refractivity contribution in [3.8, 4) is 34.6 Å². The van der Waals surface area contributed by atoms with Gasteiger partial charge in [-0.05, 0) is 35.7 Å². The highest BCUT2D eigenvalue weighted by molar-refractivity contribution is 5.93. The molecule has 190 valence electrons. The Morgan fingerprint density at radius 1 is 0.789 bits per heavy atom. The van der Waals surface area contributed by atoms with Crippen LogP contribution in [0.3, 0.4) is 0 Å². The molecular formula is C30H25N3O5. The summed E-state index contributed by atoms with van der Waals surface area (Å²) in [5, 5.41) is 28.7. The largest absolute Gasteiger partial charge is 0.488 e. The first-order chi connectivity index (χ1) is 18.5. The van der Waals surface area contributed by atoms with Crippen molar-refractivity contribution in [2.75, 3.05) is 0 Å². The summed E-state index contributed by atoms with van der Waals surface area (Å²) in [5.41, 5.74) is 3.63. The van der Waals surface area contributed by atoms with Crippen LogP contribution in [0.5, 0.6) is 17.5 Å². The molecule has 0 fully saturated rings. The summed E-state index contributed by atoms with van der Waals surface area (Å²) in [4.78, 5) is 12.3. The molecule has 0 radical (unpaired) electrons. The van der Waals surface area contributed by atoms with Gasteiger partial charge in [-0.25, -0.2) is 9.36 Å². The molecule has 5 aromatic rings. The van der Waals surface area contributed by atoms with Crippen LogP contribution in [-0.4, -0.2) is 30.9 Å². The Kier molecular flexibility index (Phi) is 7.04. The Morgan fingerprint density at radius 3 is 1.97 bits per heavy atom. The fourth-order valence-electron chi connectivity index (χ4n) is 4.10. The Balaban J connectivity index is 1.62. The molecule has 0 aliphatic rings. The first kappa shape index (κ1) is 24.6. The summed E-state index contributed by atoms with van der Waals surface area (Å²) in [6.45, 7) is 2.30. The lowest BCUT2D eigenvalue weighted by Crippen LogP contribution is -2.07. The molecule has 2 N–H and O–H groups in total. The summed E-state index contributed by atoms with van der Waals surface area (Å²) in [6, 6.07) is 29.2. The molecule has 1 aromatic heterocycles. The molecule has 0 aliphatic heterocycles. The van der Waals surface area contributed by atoms with Crippen LogP contribution in [0.15, 0.2) is 97.1 Å². The van der Waals surface area contributed by atoms with E-state index in [9.17, 15) is 15.0 Å². The number of aromatic carboxylic acids is 1.